The van der Waals surface area contributed by atoms with Crippen molar-refractivity contribution < 1.29 is 14.6 Å². The molecule has 148 valence electrons. The van der Waals surface area contributed by atoms with E-state index in [9.17, 15) is 9.90 Å². The second-order valence-electron chi connectivity index (χ2n) is 7.32. The SMILES string of the molecule is CC(c1ccccc1)(c1ccc(O)cc1)c1ccc(OC(=O)c2ccccc2)cc1. The summed E-state index contributed by atoms with van der Waals surface area (Å²) in [5.74, 6) is 0.346. The van der Waals surface area contributed by atoms with Crippen molar-refractivity contribution in [2.45, 2.75) is 12.3 Å². The average Bonchev–Trinajstić information content (AvgIpc) is 2.80. The molecule has 0 radical (unpaired) electrons. The van der Waals surface area contributed by atoms with Gasteiger partial charge in [0.05, 0.1) is 5.56 Å². The maximum Gasteiger partial charge on any atom is 0.343 e. The van der Waals surface area contributed by atoms with Crippen molar-refractivity contribution in [2.24, 2.45) is 0 Å². The quantitative estimate of drug-likeness (QED) is 0.258. The van der Waals surface area contributed by atoms with Gasteiger partial charge in [0.2, 0.25) is 0 Å². The molecule has 0 aliphatic heterocycles. The van der Waals surface area contributed by atoms with Gasteiger partial charge < -0.3 is 9.84 Å². The summed E-state index contributed by atoms with van der Waals surface area (Å²) in [7, 11) is 0. The van der Waals surface area contributed by atoms with Gasteiger partial charge in [-0.25, -0.2) is 4.79 Å². The van der Waals surface area contributed by atoms with Crippen LogP contribution in [-0.2, 0) is 5.41 Å². The Morgan fingerprint density at radius 1 is 0.667 bits per heavy atom. The second kappa shape index (κ2) is 8.26. The first-order valence-corrected chi connectivity index (χ1v) is 9.80. The normalized spacial score (nSPS) is 12.7. The molecule has 4 aromatic carbocycles. The molecule has 0 saturated heterocycles. The Morgan fingerprint density at radius 2 is 1.13 bits per heavy atom. The molecule has 0 bridgehead atoms. The fourth-order valence-electron chi connectivity index (χ4n) is 3.66. The van der Waals surface area contributed by atoms with Crippen LogP contribution < -0.4 is 4.74 Å². The highest BCUT2D eigenvalue weighted by molar-refractivity contribution is 5.90. The summed E-state index contributed by atoms with van der Waals surface area (Å²) in [5, 5.41) is 9.73. The summed E-state index contributed by atoms with van der Waals surface area (Å²) < 4.78 is 5.52. The first kappa shape index (κ1) is 19.5. The molecule has 1 atom stereocenters. The van der Waals surface area contributed by atoms with E-state index < -0.39 is 5.41 Å². The van der Waals surface area contributed by atoms with Crippen LogP contribution in [0.15, 0.2) is 109 Å². The zero-order valence-corrected chi connectivity index (χ0v) is 16.7. The molecule has 4 rings (SSSR count). The Morgan fingerprint density at radius 3 is 1.70 bits per heavy atom. The lowest BCUT2D eigenvalue weighted by atomic mass is 9.71. The highest BCUT2D eigenvalue weighted by atomic mass is 16.5. The number of rotatable bonds is 5. The molecule has 0 aliphatic rings. The van der Waals surface area contributed by atoms with Crippen LogP contribution in [0.5, 0.6) is 11.5 Å². The van der Waals surface area contributed by atoms with Crippen LogP contribution in [0.25, 0.3) is 0 Å². The molecule has 0 aromatic heterocycles. The molecular weight excluding hydrogens is 372 g/mol. The number of esters is 1. The second-order valence-corrected chi connectivity index (χ2v) is 7.32. The zero-order valence-electron chi connectivity index (χ0n) is 16.7. The lowest BCUT2D eigenvalue weighted by Gasteiger charge is -2.32. The maximum atomic E-state index is 12.3. The third kappa shape index (κ3) is 3.83. The molecule has 4 aromatic rings. The summed E-state index contributed by atoms with van der Waals surface area (Å²) in [6, 6.07) is 34.0. The monoisotopic (exact) mass is 394 g/mol. The van der Waals surface area contributed by atoms with Crippen LogP contribution >= 0.6 is 0 Å². The van der Waals surface area contributed by atoms with E-state index in [0.29, 0.717) is 11.3 Å². The molecule has 0 heterocycles. The standard InChI is InChI=1S/C27H22O3/c1-27(21-10-6-3-7-11-21,22-12-16-24(28)17-13-22)23-14-18-25(19-15-23)30-26(29)20-8-4-2-5-9-20/h2-19,28H,1H3. The van der Waals surface area contributed by atoms with Gasteiger partial charge in [-0.15, -0.1) is 0 Å². The third-order valence-electron chi connectivity index (χ3n) is 5.45. The van der Waals surface area contributed by atoms with E-state index in [2.05, 4.69) is 19.1 Å². The van der Waals surface area contributed by atoms with Crippen molar-refractivity contribution in [2.75, 3.05) is 0 Å². The lowest BCUT2D eigenvalue weighted by molar-refractivity contribution is 0.0734. The zero-order chi connectivity index (χ0) is 21.0. The van der Waals surface area contributed by atoms with E-state index in [4.69, 9.17) is 4.74 Å². The number of carbonyl (C=O) groups excluding carboxylic acids is 1. The van der Waals surface area contributed by atoms with Crippen LogP contribution in [0.3, 0.4) is 0 Å². The predicted octanol–water partition coefficient (Wildman–Crippen LogP) is 5.97. The number of aromatic hydroxyl groups is 1. The summed E-state index contributed by atoms with van der Waals surface area (Å²) in [4.78, 5) is 12.3. The summed E-state index contributed by atoms with van der Waals surface area (Å²) in [6.45, 7) is 2.15. The Labute approximate surface area is 176 Å². The van der Waals surface area contributed by atoms with E-state index >= 15 is 0 Å². The molecule has 1 N–H and O–H groups in total. The number of carbonyl (C=O) groups is 1. The number of phenols is 1. The van der Waals surface area contributed by atoms with Gasteiger partial charge in [0.25, 0.3) is 0 Å². The lowest BCUT2D eigenvalue weighted by Crippen LogP contribution is -2.25. The summed E-state index contributed by atoms with van der Waals surface area (Å²) in [5.41, 5.74) is 3.32. The molecule has 0 saturated carbocycles. The van der Waals surface area contributed by atoms with E-state index in [1.165, 1.54) is 0 Å². The van der Waals surface area contributed by atoms with Crippen molar-refractivity contribution >= 4 is 5.97 Å². The Balaban J connectivity index is 1.68. The van der Waals surface area contributed by atoms with Crippen LogP contribution in [0, 0.1) is 0 Å². The highest BCUT2D eigenvalue weighted by Gasteiger charge is 2.31. The number of hydrogen-bond acceptors (Lipinski definition) is 3. The molecule has 3 heteroatoms. The molecule has 0 fully saturated rings. The fraction of sp³-hybridized carbons (Fsp3) is 0.0741. The molecule has 0 spiro atoms. The average molecular weight is 394 g/mol. The van der Waals surface area contributed by atoms with Gasteiger partial charge in [-0.05, 0) is 60.0 Å². The third-order valence-corrected chi connectivity index (χ3v) is 5.45. The number of hydrogen-bond donors (Lipinski definition) is 1. The van der Waals surface area contributed by atoms with Crippen molar-refractivity contribution in [1.82, 2.24) is 0 Å². The van der Waals surface area contributed by atoms with Gasteiger partial charge in [-0.2, -0.15) is 0 Å². The van der Waals surface area contributed by atoms with Crippen molar-refractivity contribution in [3.05, 3.63) is 131 Å². The van der Waals surface area contributed by atoms with Crippen molar-refractivity contribution in [1.29, 1.82) is 0 Å². The number of phenolic OH excluding ortho intramolecular Hbond substituents is 1. The molecule has 30 heavy (non-hydrogen) atoms. The van der Waals surface area contributed by atoms with Gasteiger partial charge in [0.15, 0.2) is 0 Å². The molecular formula is C27H22O3. The summed E-state index contributed by atoms with van der Waals surface area (Å²) >= 11 is 0. The molecule has 0 aliphatic carbocycles. The van der Waals surface area contributed by atoms with Gasteiger partial charge in [0.1, 0.15) is 11.5 Å². The van der Waals surface area contributed by atoms with Crippen molar-refractivity contribution in [3.8, 4) is 11.5 Å². The van der Waals surface area contributed by atoms with E-state index in [1.54, 1.807) is 24.3 Å². The molecule has 0 amide bonds. The van der Waals surface area contributed by atoms with Gasteiger partial charge in [-0.3, -0.25) is 0 Å². The smallest absolute Gasteiger partial charge is 0.343 e. The van der Waals surface area contributed by atoms with E-state index in [0.717, 1.165) is 16.7 Å². The highest BCUT2D eigenvalue weighted by Crippen LogP contribution is 2.39. The Bertz CT molecular complexity index is 1120. The van der Waals surface area contributed by atoms with Gasteiger partial charge in [0, 0.05) is 5.41 Å². The maximum absolute atomic E-state index is 12.3. The van der Waals surface area contributed by atoms with Crippen molar-refractivity contribution in [3.63, 3.8) is 0 Å². The predicted molar refractivity (Wildman–Crippen MR) is 118 cm³/mol. The first-order valence-electron chi connectivity index (χ1n) is 9.80. The van der Waals surface area contributed by atoms with Gasteiger partial charge >= 0.3 is 5.97 Å². The first-order chi connectivity index (χ1) is 14.6. The number of benzene rings is 4. The van der Waals surface area contributed by atoms with E-state index in [-0.39, 0.29) is 11.7 Å². The van der Waals surface area contributed by atoms with E-state index in [1.807, 2.05) is 72.8 Å². The topological polar surface area (TPSA) is 46.5 Å². The minimum absolute atomic E-state index is 0.234. The molecule has 1 unspecified atom stereocenters. The Kier molecular flexibility index (Phi) is 5.36. The van der Waals surface area contributed by atoms with Crippen LogP contribution in [0.2, 0.25) is 0 Å². The van der Waals surface area contributed by atoms with Crippen LogP contribution in [0.1, 0.15) is 34.0 Å². The minimum Gasteiger partial charge on any atom is -0.508 e. The van der Waals surface area contributed by atoms with Gasteiger partial charge in [-0.1, -0.05) is 72.8 Å². The minimum atomic E-state index is -0.434. The van der Waals surface area contributed by atoms with Crippen LogP contribution in [-0.4, -0.2) is 11.1 Å². The largest absolute Gasteiger partial charge is 0.508 e. The molecule has 3 nitrogen and oxygen atoms in total. The Hall–Kier alpha value is -3.85. The number of ether oxygens (including phenoxy) is 1. The summed E-state index contributed by atoms with van der Waals surface area (Å²) in [6.07, 6.45) is 0. The van der Waals surface area contributed by atoms with Crippen LogP contribution in [0.4, 0.5) is 0 Å². The fourth-order valence-corrected chi connectivity index (χ4v) is 3.66.